The van der Waals surface area contributed by atoms with Crippen molar-refractivity contribution in [3.8, 4) is 0 Å². The van der Waals surface area contributed by atoms with E-state index in [9.17, 15) is 17.2 Å². The molecule has 7 heteroatoms. The number of fused-ring (bicyclic) bond motifs is 5. The molecule has 4 aromatic carbocycles. The summed E-state index contributed by atoms with van der Waals surface area (Å²) in [6.07, 6.45) is 4.85. The van der Waals surface area contributed by atoms with Crippen LogP contribution in [0.25, 0.3) is 38.7 Å². The van der Waals surface area contributed by atoms with E-state index in [1.165, 1.54) is 0 Å². The van der Waals surface area contributed by atoms with E-state index in [1.807, 2.05) is 37.3 Å². The first-order valence-electron chi connectivity index (χ1n) is 10.9. The van der Waals surface area contributed by atoms with Crippen LogP contribution in [-0.2, 0) is 16.4 Å². The summed E-state index contributed by atoms with van der Waals surface area (Å²) in [6.45, 7) is 4.03. The molecule has 34 heavy (non-hydrogen) atoms. The largest absolute Gasteiger partial charge is 0.354 e. The number of anilines is 1. The summed E-state index contributed by atoms with van der Waals surface area (Å²) in [5.74, 6) is -2.29. The highest BCUT2D eigenvalue weighted by atomic mass is 32.2. The van der Waals surface area contributed by atoms with E-state index >= 15 is 0 Å². The van der Waals surface area contributed by atoms with Crippen molar-refractivity contribution < 1.29 is 17.2 Å². The van der Waals surface area contributed by atoms with Crippen LogP contribution in [0, 0.1) is 11.6 Å². The number of H-pyrrole nitrogens is 1. The fourth-order valence-corrected chi connectivity index (χ4v) is 5.79. The van der Waals surface area contributed by atoms with Gasteiger partial charge in [-0.05, 0) is 48.7 Å². The lowest BCUT2D eigenvalue weighted by Crippen LogP contribution is -2.16. The summed E-state index contributed by atoms with van der Waals surface area (Å²) in [4.78, 5) is 2.48. The zero-order valence-electron chi connectivity index (χ0n) is 18.6. The molecular formula is C27H22F2N2O2S. The van der Waals surface area contributed by atoms with Gasteiger partial charge in [0.25, 0.3) is 10.0 Å². The summed E-state index contributed by atoms with van der Waals surface area (Å²) < 4.78 is 57.3. The summed E-state index contributed by atoms with van der Waals surface area (Å²) >= 11 is 0. The first kappa shape index (κ1) is 22.1. The van der Waals surface area contributed by atoms with Crippen LogP contribution in [0.4, 0.5) is 14.5 Å². The molecule has 0 spiro atoms. The van der Waals surface area contributed by atoms with Gasteiger partial charge in [-0.15, -0.1) is 0 Å². The number of nitrogens with one attached hydrogen (secondary N) is 2. The fourth-order valence-electron chi connectivity index (χ4n) is 4.58. The Labute approximate surface area is 196 Å². The Kier molecular flexibility index (Phi) is 5.37. The van der Waals surface area contributed by atoms with Gasteiger partial charge in [-0.1, -0.05) is 55.5 Å². The van der Waals surface area contributed by atoms with E-state index in [-0.39, 0.29) is 5.69 Å². The molecule has 1 aromatic heterocycles. The molecule has 5 aromatic rings. The van der Waals surface area contributed by atoms with Gasteiger partial charge in [-0.2, -0.15) is 0 Å². The number of allylic oxidation sites excluding steroid dienone is 1. The number of hydrogen-bond acceptors (Lipinski definition) is 2. The number of hydrogen-bond donors (Lipinski definition) is 2. The van der Waals surface area contributed by atoms with Gasteiger partial charge in [-0.3, -0.25) is 4.72 Å². The third-order valence-corrected chi connectivity index (χ3v) is 7.47. The molecule has 0 aliphatic rings. The number of aromatic amines is 1. The number of aryl methyl sites for hydroxylation is 1. The maximum atomic E-state index is 14.3. The van der Waals surface area contributed by atoms with Crippen molar-refractivity contribution in [2.75, 3.05) is 4.72 Å². The van der Waals surface area contributed by atoms with Crippen molar-refractivity contribution in [2.45, 2.75) is 25.2 Å². The average molecular weight is 477 g/mol. The second-order valence-electron chi connectivity index (χ2n) is 8.09. The normalized spacial score (nSPS) is 12.4. The Morgan fingerprint density at radius 1 is 0.941 bits per heavy atom. The van der Waals surface area contributed by atoms with Gasteiger partial charge >= 0.3 is 0 Å². The van der Waals surface area contributed by atoms with Crippen molar-refractivity contribution in [2.24, 2.45) is 0 Å². The number of rotatable bonds is 5. The molecule has 172 valence electrons. The van der Waals surface area contributed by atoms with E-state index in [1.54, 1.807) is 18.2 Å². The lowest BCUT2D eigenvalue weighted by Gasteiger charge is -2.13. The molecule has 1 heterocycles. The number of aromatic nitrogens is 1. The SMILES string of the molecule is C/C=C\c1c(CC)ccc2[nH]c3c4ccccc4c(NS(=O)(=O)c4c(F)cccc4F)cc3c12. The molecule has 2 N–H and O–H groups in total. The molecule has 0 amide bonds. The molecule has 0 saturated heterocycles. The molecule has 4 nitrogen and oxygen atoms in total. The smallest absolute Gasteiger partial charge is 0.267 e. The molecule has 0 bridgehead atoms. The zero-order valence-corrected chi connectivity index (χ0v) is 19.4. The van der Waals surface area contributed by atoms with E-state index in [2.05, 4.69) is 22.7 Å². The second kappa shape index (κ2) is 8.25. The lowest BCUT2D eigenvalue weighted by atomic mass is 9.97. The van der Waals surface area contributed by atoms with Gasteiger partial charge in [0.1, 0.15) is 11.6 Å². The first-order chi connectivity index (χ1) is 16.4. The minimum atomic E-state index is -4.53. The minimum absolute atomic E-state index is 0.250. The maximum Gasteiger partial charge on any atom is 0.267 e. The Bertz CT molecular complexity index is 1700. The van der Waals surface area contributed by atoms with Crippen LogP contribution < -0.4 is 4.72 Å². The first-order valence-corrected chi connectivity index (χ1v) is 12.4. The minimum Gasteiger partial charge on any atom is -0.354 e. The van der Waals surface area contributed by atoms with Crippen LogP contribution in [0.5, 0.6) is 0 Å². The summed E-state index contributed by atoms with van der Waals surface area (Å²) in [5, 5.41) is 3.21. The van der Waals surface area contributed by atoms with Crippen LogP contribution in [0.15, 0.2) is 71.6 Å². The Morgan fingerprint density at radius 3 is 2.32 bits per heavy atom. The summed E-state index contributed by atoms with van der Waals surface area (Å²) in [7, 11) is -4.53. The van der Waals surface area contributed by atoms with Gasteiger partial charge in [0.15, 0.2) is 4.90 Å². The van der Waals surface area contributed by atoms with Gasteiger partial charge in [0.2, 0.25) is 0 Å². The average Bonchev–Trinajstić information content (AvgIpc) is 3.18. The number of halogens is 2. The molecule has 0 aliphatic heterocycles. The molecule has 0 radical (unpaired) electrons. The van der Waals surface area contributed by atoms with Crippen molar-refractivity contribution >= 4 is 54.4 Å². The van der Waals surface area contributed by atoms with Crippen LogP contribution >= 0.6 is 0 Å². The molecule has 0 saturated carbocycles. The van der Waals surface area contributed by atoms with Gasteiger partial charge < -0.3 is 4.98 Å². The monoisotopic (exact) mass is 476 g/mol. The highest BCUT2D eigenvalue weighted by molar-refractivity contribution is 7.92. The van der Waals surface area contributed by atoms with E-state index in [0.29, 0.717) is 5.39 Å². The standard InChI is InChI=1S/C27H22F2N2O2S/c1-3-8-17-16(4-2)13-14-23-25(17)20-15-24(18-9-5-6-10-19(18)26(20)30-23)31-34(32,33)27-21(28)11-7-12-22(27)29/h3,5-15,30-31H,4H2,1-2H3/b8-3-. The molecule has 0 unspecified atom stereocenters. The highest BCUT2D eigenvalue weighted by Gasteiger charge is 2.25. The number of benzene rings is 4. The fraction of sp³-hybridized carbons (Fsp3) is 0.111. The topological polar surface area (TPSA) is 62.0 Å². The Balaban J connectivity index is 1.84. The molecule has 0 fully saturated rings. The molecule has 0 aliphatic carbocycles. The Morgan fingerprint density at radius 2 is 1.65 bits per heavy atom. The van der Waals surface area contributed by atoms with Gasteiger partial charge in [0.05, 0.1) is 11.2 Å². The summed E-state index contributed by atoms with van der Waals surface area (Å²) in [5.41, 5.74) is 4.25. The predicted molar refractivity (Wildman–Crippen MR) is 135 cm³/mol. The zero-order chi connectivity index (χ0) is 24.0. The van der Waals surface area contributed by atoms with Crippen LogP contribution in [-0.4, -0.2) is 13.4 Å². The third-order valence-electron chi connectivity index (χ3n) is 6.06. The molecule has 5 rings (SSSR count). The van der Waals surface area contributed by atoms with Gasteiger partial charge in [0, 0.05) is 27.1 Å². The quantitative estimate of drug-likeness (QED) is 0.283. The van der Waals surface area contributed by atoms with Crippen LogP contribution in [0.2, 0.25) is 0 Å². The van der Waals surface area contributed by atoms with Crippen molar-refractivity contribution in [1.82, 2.24) is 4.98 Å². The highest BCUT2D eigenvalue weighted by Crippen LogP contribution is 2.39. The Hall–Kier alpha value is -3.71. The lowest BCUT2D eigenvalue weighted by molar-refractivity contribution is 0.521. The van der Waals surface area contributed by atoms with Gasteiger partial charge in [-0.25, -0.2) is 17.2 Å². The van der Waals surface area contributed by atoms with E-state index in [4.69, 9.17) is 0 Å². The third kappa shape index (κ3) is 3.44. The van der Waals surface area contributed by atoms with Crippen molar-refractivity contribution in [3.05, 3.63) is 89.5 Å². The van der Waals surface area contributed by atoms with E-state index in [0.717, 1.165) is 62.9 Å². The summed E-state index contributed by atoms with van der Waals surface area (Å²) in [6, 6.07) is 16.1. The van der Waals surface area contributed by atoms with Crippen LogP contribution in [0.1, 0.15) is 25.0 Å². The predicted octanol–water partition coefficient (Wildman–Crippen LogP) is 7.15. The van der Waals surface area contributed by atoms with Crippen molar-refractivity contribution in [3.63, 3.8) is 0 Å². The molecule has 0 atom stereocenters. The van der Waals surface area contributed by atoms with Crippen LogP contribution in [0.3, 0.4) is 0 Å². The number of sulfonamides is 1. The molecular weight excluding hydrogens is 454 g/mol. The van der Waals surface area contributed by atoms with E-state index < -0.39 is 26.6 Å². The second-order valence-corrected chi connectivity index (χ2v) is 9.71. The van der Waals surface area contributed by atoms with Crippen molar-refractivity contribution in [1.29, 1.82) is 0 Å². The maximum absolute atomic E-state index is 14.3.